The molecule has 0 aliphatic carbocycles. The van der Waals surface area contributed by atoms with Gasteiger partial charge in [-0.1, -0.05) is 42.5 Å². The highest BCUT2D eigenvalue weighted by atomic mass is 16.5. The summed E-state index contributed by atoms with van der Waals surface area (Å²) in [4.78, 5) is 24.5. The number of ether oxygens (including phenoxy) is 2. The minimum absolute atomic E-state index is 0.0758. The van der Waals surface area contributed by atoms with Crippen LogP contribution in [0, 0.1) is 0 Å². The molecule has 0 heterocycles. The number of nitrogens with one attached hydrogen (secondary N) is 3. The number of anilines is 2. The van der Waals surface area contributed by atoms with Crippen molar-refractivity contribution in [2.75, 3.05) is 37.4 Å². The maximum atomic E-state index is 12.4. The molecule has 0 radical (unpaired) electrons. The van der Waals surface area contributed by atoms with Gasteiger partial charge in [-0.3, -0.25) is 9.59 Å². The van der Waals surface area contributed by atoms with Crippen LogP contribution in [0.4, 0.5) is 11.4 Å². The van der Waals surface area contributed by atoms with Crippen molar-refractivity contribution in [1.82, 2.24) is 5.32 Å². The molecule has 0 bridgehead atoms. The van der Waals surface area contributed by atoms with Crippen molar-refractivity contribution in [3.05, 3.63) is 90.0 Å². The lowest BCUT2D eigenvalue weighted by molar-refractivity contribution is -0.114. The molecular formula is C25H27N3O4. The van der Waals surface area contributed by atoms with Crippen molar-refractivity contribution >= 4 is 23.2 Å². The van der Waals surface area contributed by atoms with Crippen LogP contribution >= 0.6 is 0 Å². The molecule has 0 saturated carbocycles. The second kappa shape index (κ2) is 12.1. The van der Waals surface area contributed by atoms with Crippen LogP contribution in [-0.4, -0.2) is 38.6 Å². The van der Waals surface area contributed by atoms with E-state index in [4.69, 9.17) is 9.47 Å². The SMILES string of the molecule is COCCNC(=O)c1cccc(NC(=O)CNc2cccc(OCc3ccccc3)c2)c1. The Kier molecular flexibility index (Phi) is 8.65. The Labute approximate surface area is 187 Å². The van der Waals surface area contributed by atoms with Crippen LogP contribution in [0.25, 0.3) is 0 Å². The molecule has 2 amide bonds. The summed E-state index contributed by atoms with van der Waals surface area (Å²) >= 11 is 0. The summed E-state index contributed by atoms with van der Waals surface area (Å²) in [6.45, 7) is 1.41. The number of carbonyl (C=O) groups excluding carboxylic acids is 2. The maximum Gasteiger partial charge on any atom is 0.251 e. The van der Waals surface area contributed by atoms with Gasteiger partial charge in [0.25, 0.3) is 5.91 Å². The van der Waals surface area contributed by atoms with E-state index in [1.807, 2.05) is 54.6 Å². The molecule has 3 N–H and O–H groups in total. The number of benzene rings is 3. The Bertz CT molecular complexity index is 1020. The van der Waals surface area contributed by atoms with Gasteiger partial charge in [0.05, 0.1) is 13.2 Å². The second-order valence-electron chi connectivity index (χ2n) is 7.03. The predicted octanol–water partition coefficient (Wildman–Crippen LogP) is 3.69. The first-order valence-electron chi connectivity index (χ1n) is 10.3. The van der Waals surface area contributed by atoms with E-state index >= 15 is 0 Å². The normalized spacial score (nSPS) is 10.3. The van der Waals surface area contributed by atoms with Gasteiger partial charge in [-0.15, -0.1) is 0 Å². The Morgan fingerprint density at radius 1 is 0.875 bits per heavy atom. The van der Waals surface area contributed by atoms with E-state index in [-0.39, 0.29) is 18.4 Å². The zero-order valence-electron chi connectivity index (χ0n) is 18.0. The summed E-state index contributed by atoms with van der Waals surface area (Å²) < 4.78 is 10.7. The van der Waals surface area contributed by atoms with Crippen molar-refractivity contribution in [3.63, 3.8) is 0 Å². The lowest BCUT2D eigenvalue weighted by Crippen LogP contribution is -2.27. The Morgan fingerprint density at radius 2 is 1.66 bits per heavy atom. The molecule has 7 heteroatoms. The van der Waals surface area contributed by atoms with E-state index < -0.39 is 0 Å². The maximum absolute atomic E-state index is 12.4. The van der Waals surface area contributed by atoms with Crippen LogP contribution in [0.2, 0.25) is 0 Å². The molecular weight excluding hydrogens is 406 g/mol. The Morgan fingerprint density at radius 3 is 2.47 bits per heavy atom. The number of hydrogen-bond donors (Lipinski definition) is 3. The van der Waals surface area contributed by atoms with Gasteiger partial charge >= 0.3 is 0 Å². The fraction of sp³-hybridized carbons (Fsp3) is 0.200. The van der Waals surface area contributed by atoms with Gasteiger partial charge in [0.15, 0.2) is 0 Å². The van der Waals surface area contributed by atoms with Crippen LogP contribution in [0.5, 0.6) is 5.75 Å². The molecule has 0 spiro atoms. The molecule has 3 rings (SSSR count). The standard InChI is InChI=1S/C25H27N3O4/c1-31-14-13-26-25(30)20-9-5-11-22(15-20)28-24(29)17-27-21-10-6-12-23(16-21)32-18-19-7-3-2-4-8-19/h2-12,15-16,27H,13-14,17-18H2,1H3,(H,26,30)(H,28,29). The molecule has 0 aromatic heterocycles. The lowest BCUT2D eigenvalue weighted by Gasteiger charge is -2.11. The lowest BCUT2D eigenvalue weighted by atomic mass is 10.2. The van der Waals surface area contributed by atoms with E-state index in [9.17, 15) is 9.59 Å². The van der Waals surface area contributed by atoms with Crippen LogP contribution in [0.15, 0.2) is 78.9 Å². The van der Waals surface area contributed by atoms with Gasteiger partial charge in [-0.25, -0.2) is 0 Å². The van der Waals surface area contributed by atoms with Gasteiger partial charge in [0.1, 0.15) is 12.4 Å². The van der Waals surface area contributed by atoms with Crippen molar-refractivity contribution in [2.24, 2.45) is 0 Å². The van der Waals surface area contributed by atoms with E-state index in [1.165, 1.54) is 0 Å². The molecule has 0 saturated heterocycles. The van der Waals surface area contributed by atoms with Crippen molar-refractivity contribution < 1.29 is 19.1 Å². The topological polar surface area (TPSA) is 88.7 Å². The third-order valence-corrected chi connectivity index (χ3v) is 4.54. The Hall–Kier alpha value is -3.84. The third-order valence-electron chi connectivity index (χ3n) is 4.54. The molecule has 7 nitrogen and oxygen atoms in total. The first-order valence-corrected chi connectivity index (χ1v) is 10.3. The molecule has 0 atom stereocenters. The highest BCUT2D eigenvalue weighted by Crippen LogP contribution is 2.18. The fourth-order valence-corrected chi connectivity index (χ4v) is 2.93. The minimum atomic E-state index is -0.224. The van der Waals surface area contributed by atoms with Crippen molar-refractivity contribution in [1.29, 1.82) is 0 Å². The largest absolute Gasteiger partial charge is 0.489 e. The molecule has 166 valence electrons. The predicted molar refractivity (Wildman–Crippen MR) is 125 cm³/mol. The molecule has 0 fully saturated rings. The van der Waals surface area contributed by atoms with E-state index in [1.54, 1.807) is 31.4 Å². The third kappa shape index (κ3) is 7.45. The van der Waals surface area contributed by atoms with Gasteiger partial charge < -0.3 is 25.4 Å². The quantitative estimate of drug-likeness (QED) is 0.402. The average molecular weight is 434 g/mol. The number of carbonyl (C=O) groups is 2. The van der Waals surface area contributed by atoms with E-state index in [0.29, 0.717) is 36.8 Å². The molecule has 3 aromatic carbocycles. The van der Waals surface area contributed by atoms with Crippen LogP contribution < -0.4 is 20.7 Å². The van der Waals surface area contributed by atoms with Gasteiger partial charge in [-0.05, 0) is 35.9 Å². The summed E-state index contributed by atoms with van der Waals surface area (Å²) in [6, 6.07) is 24.2. The monoisotopic (exact) mass is 433 g/mol. The summed E-state index contributed by atoms with van der Waals surface area (Å²) in [6.07, 6.45) is 0. The average Bonchev–Trinajstić information content (AvgIpc) is 2.83. The number of hydrogen-bond acceptors (Lipinski definition) is 5. The van der Waals surface area contributed by atoms with Gasteiger partial charge in [0, 0.05) is 36.7 Å². The molecule has 0 aliphatic heterocycles. The fourth-order valence-electron chi connectivity index (χ4n) is 2.93. The number of rotatable bonds is 11. The summed E-state index contributed by atoms with van der Waals surface area (Å²) in [5.41, 5.74) is 2.88. The zero-order chi connectivity index (χ0) is 22.6. The minimum Gasteiger partial charge on any atom is -0.489 e. The van der Waals surface area contributed by atoms with Crippen molar-refractivity contribution in [3.8, 4) is 5.75 Å². The summed E-state index contributed by atoms with van der Waals surface area (Å²) in [5, 5.41) is 8.64. The van der Waals surface area contributed by atoms with Crippen LogP contribution in [0.1, 0.15) is 15.9 Å². The second-order valence-corrected chi connectivity index (χ2v) is 7.03. The smallest absolute Gasteiger partial charge is 0.251 e. The molecule has 0 unspecified atom stereocenters. The van der Waals surface area contributed by atoms with Gasteiger partial charge in [0.2, 0.25) is 5.91 Å². The number of amides is 2. The van der Waals surface area contributed by atoms with Gasteiger partial charge in [-0.2, -0.15) is 0 Å². The first kappa shape index (κ1) is 22.8. The van der Waals surface area contributed by atoms with E-state index in [2.05, 4.69) is 16.0 Å². The van der Waals surface area contributed by atoms with Crippen molar-refractivity contribution in [2.45, 2.75) is 6.61 Å². The van der Waals surface area contributed by atoms with Crippen LogP contribution in [-0.2, 0) is 16.1 Å². The highest BCUT2D eigenvalue weighted by molar-refractivity contribution is 5.98. The Balaban J connectivity index is 1.48. The molecule has 3 aromatic rings. The zero-order valence-corrected chi connectivity index (χ0v) is 18.0. The molecule has 32 heavy (non-hydrogen) atoms. The summed E-state index contributed by atoms with van der Waals surface area (Å²) in [5.74, 6) is 0.271. The first-order chi connectivity index (χ1) is 15.6. The summed E-state index contributed by atoms with van der Waals surface area (Å²) in [7, 11) is 1.57. The highest BCUT2D eigenvalue weighted by Gasteiger charge is 2.08. The number of methoxy groups -OCH3 is 1. The van der Waals surface area contributed by atoms with Crippen LogP contribution in [0.3, 0.4) is 0 Å². The van der Waals surface area contributed by atoms with E-state index in [0.717, 1.165) is 11.3 Å². The molecule has 0 aliphatic rings.